The zero-order valence-corrected chi connectivity index (χ0v) is 11.8. The van der Waals surface area contributed by atoms with Gasteiger partial charge < -0.3 is 10.8 Å². The molecule has 1 atom stereocenters. The summed E-state index contributed by atoms with van der Waals surface area (Å²) in [6, 6.07) is 3.34. The number of aliphatic carboxylic acids is 1. The number of sulfonamides is 1. The third-order valence-corrected chi connectivity index (χ3v) is 3.93. The highest BCUT2D eigenvalue weighted by atomic mass is 32.2. The molecule has 1 rings (SSSR count). The maximum atomic E-state index is 12.7. The predicted octanol–water partition coefficient (Wildman–Crippen LogP) is -0.0362. The van der Waals surface area contributed by atoms with Crippen molar-refractivity contribution < 1.29 is 27.5 Å². The first-order chi connectivity index (χ1) is 9.69. The molecule has 0 fully saturated rings. The normalized spacial score (nSPS) is 12.8. The van der Waals surface area contributed by atoms with Crippen LogP contribution in [0.2, 0.25) is 0 Å². The van der Waals surface area contributed by atoms with Crippen molar-refractivity contribution in [2.24, 2.45) is 5.73 Å². The molecule has 4 N–H and O–H groups in total. The van der Waals surface area contributed by atoms with Gasteiger partial charge in [0, 0.05) is 6.42 Å². The van der Waals surface area contributed by atoms with Gasteiger partial charge in [-0.3, -0.25) is 9.59 Å². The monoisotopic (exact) mass is 318 g/mol. The number of amides is 1. The standard InChI is InChI=1S/C12H15FN2O5S/c13-9-3-1-8(2-4-9)7-21(19,20)15-10(12(17)18)5-6-11(14)16/h1-4,10,15H,5-7H2,(H2,14,16)(H,17,18). The van der Waals surface area contributed by atoms with Gasteiger partial charge >= 0.3 is 5.97 Å². The summed E-state index contributed by atoms with van der Waals surface area (Å²) in [6.45, 7) is 0. The minimum absolute atomic E-state index is 0.243. The Morgan fingerprint density at radius 3 is 2.33 bits per heavy atom. The summed E-state index contributed by atoms with van der Waals surface area (Å²) in [4.78, 5) is 21.6. The Kier molecular flexibility index (Phi) is 5.79. The highest BCUT2D eigenvalue weighted by molar-refractivity contribution is 7.88. The van der Waals surface area contributed by atoms with Gasteiger partial charge in [0.1, 0.15) is 11.9 Å². The summed E-state index contributed by atoms with van der Waals surface area (Å²) in [6.07, 6.45) is -0.497. The lowest BCUT2D eigenvalue weighted by Gasteiger charge is -2.14. The van der Waals surface area contributed by atoms with Crippen LogP contribution < -0.4 is 10.5 Å². The Hall–Kier alpha value is -2.00. The minimum atomic E-state index is -3.95. The topological polar surface area (TPSA) is 127 Å². The van der Waals surface area contributed by atoms with E-state index in [0.29, 0.717) is 5.56 Å². The largest absolute Gasteiger partial charge is 0.480 e. The molecule has 0 aliphatic rings. The average molecular weight is 318 g/mol. The maximum absolute atomic E-state index is 12.7. The second kappa shape index (κ2) is 7.14. The second-order valence-corrected chi connectivity index (χ2v) is 6.15. The van der Waals surface area contributed by atoms with Crippen molar-refractivity contribution in [1.29, 1.82) is 0 Å². The molecule has 1 aromatic rings. The van der Waals surface area contributed by atoms with Gasteiger partial charge in [-0.1, -0.05) is 12.1 Å². The average Bonchev–Trinajstić information content (AvgIpc) is 2.36. The second-order valence-electron chi connectivity index (χ2n) is 4.40. The number of carboxylic acid groups (broad SMARTS) is 1. The molecule has 1 amide bonds. The number of carbonyl (C=O) groups is 2. The minimum Gasteiger partial charge on any atom is -0.480 e. The number of primary amides is 1. The van der Waals surface area contributed by atoms with Gasteiger partial charge in [-0.15, -0.1) is 0 Å². The molecular formula is C12H15FN2O5S. The molecule has 1 unspecified atom stereocenters. The Labute approximate surface area is 121 Å². The highest BCUT2D eigenvalue weighted by Crippen LogP contribution is 2.08. The lowest BCUT2D eigenvalue weighted by atomic mass is 10.2. The number of hydrogen-bond donors (Lipinski definition) is 3. The molecule has 0 saturated carbocycles. The van der Waals surface area contributed by atoms with Crippen LogP contribution >= 0.6 is 0 Å². The van der Waals surface area contributed by atoms with E-state index in [2.05, 4.69) is 0 Å². The molecule has 7 nitrogen and oxygen atoms in total. The van der Waals surface area contributed by atoms with Crippen LogP contribution in [0.25, 0.3) is 0 Å². The van der Waals surface area contributed by atoms with Crippen molar-refractivity contribution in [2.75, 3.05) is 0 Å². The van der Waals surface area contributed by atoms with Crippen LogP contribution in [-0.2, 0) is 25.4 Å². The summed E-state index contributed by atoms with van der Waals surface area (Å²) in [7, 11) is -3.95. The number of halogens is 1. The number of hydrogen-bond acceptors (Lipinski definition) is 4. The quantitative estimate of drug-likeness (QED) is 0.620. The van der Waals surface area contributed by atoms with Crippen molar-refractivity contribution in [1.82, 2.24) is 4.72 Å². The Morgan fingerprint density at radius 1 is 1.29 bits per heavy atom. The van der Waals surface area contributed by atoms with Crippen molar-refractivity contribution in [2.45, 2.75) is 24.6 Å². The molecule has 21 heavy (non-hydrogen) atoms. The van der Waals surface area contributed by atoms with Gasteiger partial charge in [-0.05, 0) is 24.1 Å². The van der Waals surface area contributed by atoms with Crippen LogP contribution in [0.1, 0.15) is 18.4 Å². The number of carboxylic acids is 1. The van der Waals surface area contributed by atoms with E-state index in [0.717, 1.165) is 12.1 Å². The number of benzene rings is 1. The van der Waals surface area contributed by atoms with Gasteiger partial charge in [-0.25, -0.2) is 17.5 Å². The van der Waals surface area contributed by atoms with Crippen molar-refractivity contribution in [3.63, 3.8) is 0 Å². The first kappa shape index (κ1) is 17.1. The fourth-order valence-electron chi connectivity index (χ4n) is 1.58. The molecule has 9 heteroatoms. The van der Waals surface area contributed by atoms with Crippen LogP contribution in [0.4, 0.5) is 4.39 Å². The molecule has 0 aromatic heterocycles. The predicted molar refractivity (Wildman–Crippen MR) is 72.0 cm³/mol. The molecule has 116 valence electrons. The van der Waals surface area contributed by atoms with E-state index in [-0.39, 0.29) is 12.8 Å². The SMILES string of the molecule is NC(=O)CCC(NS(=O)(=O)Cc1ccc(F)cc1)C(=O)O. The van der Waals surface area contributed by atoms with E-state index in [1.807, 2.05) is 4.72 Å². The van der Waals surface area contributed by atoms with Crippen molar-refractivity contribution in [3.05, 3.63) is 35.6 Å². The number of rotatable bonds is 8. The highest BCUT2D eigenvalue weighted by Gasteiger charge is 2.24. The first-order valence-corrected chi connectivity index (χ1v) is 7.60. The molecule has 0 bridgehead atoms. The first-order valence-electron chi connectivity index (χ1n) is 5.95. The maximum Gasteiger partial charge on any atom is 0.321 e. The van der Waals surface area contributed by atoms with Crippen LogP contribution in [0.5, 0.6) is 0 Å². The van der Waals surface area contributed by atoms with E-state index in [1.165, 1.54) is 12.1 Å². The van der Waals surface area contributed by atoms with Gasteiger partial charge in [0.25, 0.3) is 0 Å². The lowest BCUT2D eigenvalue weighted by molar-refractivity contribution is -0.139. The third-order valence-electron chi connectivity index (χ3n) is 2.57. The van der Waals surface area contributed by atoms with Crippen LogP contribution in [-0.4, -0.2) is 31.4 Å². The van der Waals surface area contributed by atoms with Crippen LogP contribution in [0, 0.1) is 5.82 Å². The molecule has 0 aliphatic heterocycles. The molecule has 0 radical (unpaired) electrons. The fraction of sp³-hybridized carbons (Fsp3) is 0.333. The number of nitrogens with two attached hydrogens (primary N) is 1. The van der Waals surface area contributed by atoms with E-state index < -0.39 is 39.5 Å². The van der Waals surface area contributed by atoms with Gasteiger partial charge in [-0.2, -0.15) is 0 Å². The lowest BCUT2D eigenvalue weighted by Crippen LogP contribution is -2.41. The molecule has 0 heterocycles. The summed E-state index contributed by atoms with van der Waals surface area (Å²) >= 11 is 0. The van der Waals surface area contributed by atoms with E-state index >= 15 is 0 Å². The molecular weight excluding hydrogens is 303 g/mol. The third kappa shape index (κ3) is 6.32. The van der Waals surface area contributed by atoms with Crippen molar-refractivity contribution in [3.8, 4) is 0 Å². The summed E-state index contributed by atoms with van der Waals surface area (Å²) in [5.74, 6) is -3.12. The van der Waals surface area contributed by atoms with E-state index in [9.17, 15) is 22.4 Å². The number of nitrogens with one attached hydrogen (secondary N) is 1. The van der Waals surface area contributed by atoms with E-state index in [4.69, 9.17) is 10.8 Å². The zero-order chi connectivity index (χ0) is 16.0. The molecule has 0 saturated heterocycles. The van der Waals surface area contributed by atoms with Gasteiger partial charge in [0.15, 0.2) is 0 Å². The van der Waals surface area contributed by atoms with Crippen LogP contribution in [0.3, 0.4) is 0 Å². The summed E-state index contributed by atoms with van der Waals surface area (Å²) in [5.41, 5.74) is 5.21. The molecule has 1 aromatic carbocycles. The number of carbonyl (C=O) groups excluding carboxylic acids is 1. The Bertz CT molecular complexity index is 615. The van der Waals surface area contributed by atoms with E-state index in [1.54, 1.807) is 0 Å². The molecule has 0 aliphatic carbocycles. The Morgan fingerprint density at radius 2 is 1.86 bits per heavy atom. The Balaban J connectivity index is 2.74. The van der Waals surface area contributed by atoms with Crippen LogP contribution in [0.15, 0.2) is 24.3 Å². The smallest absolute Gasteiger partial charge is 0.321 e. The summed E-state index contributed by atoms with van der Waals surface area (Å²) in [5, 5.41) is 8.92. The van der Waals surface area contributed by atoms with Gasteiger partial charge in [0.05, 0.1) is 5.75 Å². The van der Waals surface area contributed by atoms with Gasteiger partial charge in [0.2, 0.25) is 15.9 Å². The fourth-order valence-corrected chi connectivity index (χ4v) is 2.94. The zero-order valence-electron chi connectivity index (χ0n) is 11.0. The molecule has 0 spiro atoms. The summed E-state index contributed by atoms with van der Waals surface area (Å²) < 4.78 is 38.4. The van der Waals surface area contributed by atoms with Crippen molar-refractivity contribution >= 4 is 21.9 Å².